The number of carbonyl (C=O) groups excluding carboxylic acids is 2. The van der Waals surface area contributed by atoms with Crippen LogP contribution >= 0.6 is 11.3 Å². The number of halogens is 3. The highest BCUT2D eigenvalue weighted by Crippen LogP contribution is 2.34. The molecule has 0 unspecified atom stereocenters. The van der Waals surface area contributed by atoms with Gasteiger partial charge in [-0.1, -0.05) is 30.3 Å². The molecule has 0 saturated carbocycles. The van der Waals surface area contributed by atoms with Crippen molar-refractivity contribution in [3.8, 4) is 11.1 Å². The Morgan fingerprint density at radius 2 is 1.73 bits per heavy atom. The van der Waals surface area contributed by atoms with Crippen molar-refractivity contribution in [2.45, 2.75) is 24.9 Å². The molecular formula is C23H19F3N3O3S-. The van der Waals surface area contributed by atoms with Gasteiger partial charge in [-0.15, -0.1) is 11.3 Å². The van der Waals surface area contributed by atoms with Crippen LogP contribution in [0.5, 0.6) is 0 Å². The maximum absolute atomic E-state index is 13.2. The van der Waals surface area contributed by atoms with Gasteiger partial charge >= 0.3 is 6.18 Å². The van der Waals surface area contributed by atoms with Gasteiger partial charge in [-0.05, 0) is 42.2 Å². The molecule has 6 nitrogen and oxygen atoms in total. The third kappa shape index (κ3) is 5.16. The van der Waals surface area contributed by atoms with Crippen LogP contribution in [0.1, 0.15) is 39.7 Å². The fraction of sp³-hybridized carbons (Fsp3) is 0.261. The summed E-state index contributed by atoms with van der Waals surface area (Å²) >= 11 is 1.36. The van der Waals surface area contributed by atoms with E-state index in [0.717, 1.165) is 17.1 Å². The van der Waals surface area contributed by atoms with Crippen LogP contribution < -0.4 is 10.4 Å². The van der Waals surface area contributed by atoms with Gasteiger partial charge in [0, 0.05) is 30.0 Å². The number of nitrogens with one attached hydrogen (secondary N) is 1. The lowest BCUT2D eigenvalue weighted by atomic mass is 9.94. The quantitative estimate of drug-likeness (QED) is 0.599. The standard InChI is InChI=1S/C23H20F3N3O3S/c24-23(25,26)16-7-5-14(6-8-16)17-3-1-2-4-18(17)21(30)29-11-9-15(10-12-29)20-27-19(13-33-20)28-22(31)32/h1-8,13,15,28H,9-12H2,(H,31,32)/p-1. The van der Waals surface area contributed by atoms with Crippen LogP contribution in [0.4, 0.5) is 23.8 Å². The average Bonchev–Trinajstić information content (AvgIpc) is 3.26. The number of benzene rings is 2. The van der Waals surface area contributed by atoms with Gasteiger partial charge < -0.3 is 20.1 Å². The molecule has 10 heteroatoms. The summed E-state index contributed by atoms with van der Waals surface area (Å²) in [5.41, 5.74) is 0.816. The van der Waals surface area contributed by atoms with Gasteiger partial charge in [0.1, 0.15) is 11.9 Å². The Morgan fingerprint density at radius 3 is 2.36 bits per heavy atom. The topological polar surface area (TPSA) is 85.4 Å². The van der Waals surface area contributed by atoms with Gasteiger partial charge in [-0.2, -0.15) is 13.2 Å². The van der Waals surface area contributed by atoms with E-state index in [2.05, 4.69) is 10.3 Å². The first-order valence-electron chi connectivity index (χ1n) is 10.2. The second-order valence-electron chi connectivity index (χ2n) is 7.67. The molecule has 2 aromatic carbocycles. The van der Waals surface area contributed by atoms with E-state index in [1.165, 1.54) is 23.5 Å². The Balaban J connectivity index is 1.46. The smallest absolute Gasteiger partial charge is 0.416 e. The van der Waals surface area contributed by atoms with Gasteiger partial charge in [0.25, 0.3) is 5.91 Å². The second-order valence-corrected chi connectivity index (χ2v) is 8.56. The maximum atomic E-state index is 13.2. The maximum Gasteiger partial charge on any atom is 0.416 e. The molecule has 33 heavy (non-hydrogen) atoms. The number of thiazole rings is 1. The van der Waals surface area contributed by atoms with Crippen molar-refractivity contribution in [3.05, 3.63) is 70.0 Å². The number of nitrogens with zero attached hydrogens (tertiary/aromatic N) is 2. The summed E-state index contributed by atoms with van der Waals surface area (Å²) in [6.07, 6.45) is -4.49. The molecule has 1 N–H and O–H groups in total. The van der Waals surface area contributed by atoms with Crippen LogP contribution in [-0.4, -0.2) is 35.0 Å². The normalized spacial score (nSPS) is 14.8. The lowest BCUT2D eigenvalue weighted by molar-refractivity contribution is -0.242. The molecule has 0 radical (unpaired) electrons. The third-order valence-corrected chi connectivity index (χ3v) is 6.57. The van der Waals surface area contributed by atoms with Crippen LogP contribution in [-0.2, 0) is 6.18 Å². The molecule has 2 heterocycles. The third-order valence-electron chi connectivity index (χ3n) is 5.56. The predicted molar refractivity (Wildman–Crippen MR) is 116 cm³/mol. The number of hydrogen-bond donors (Lipinski definition) is 1. The monoisotopic (exact) mass is 474 g/mol. The molecule has 0 aliphatic carbocycles. The van der Waals surface area contributed by atoms with Crippen molar-refractivity contribution in [2.75, 3.05) is 18.4 Å². The van der Waals surface area contributed by atoms with E-state index in [9.17, 15) is 27.9 Å². The van der Waals surface area contributed by atoms with Crippen molar-refractivity contribution in [1.29, 1.82) is 0 Å². The van der Waals surface area contributed by atoms with Crippen molar-refractivity contribution in [3.63, 3.8) is 0 Å². The van der Waals surface area contributed by atoms with E-state index in [4.69, 9.17) is 0 Å². The minimum Gasteiger partial charge on any atom is -0.530 e. The predicted octanol–water partition coefficient (Wildman–Crippen LogP) is 4.60. The Labute approximate surface area is 191 Å². The summed E-state index contributed by atoms with van der Waals surface area (Å²) in [4.78, 5) is 29.9. The van der Waals surface area contributed by atoms with Crippen molar-refractivity contribution in [1.82, 2.24) is 9.88 Å². The summed E-state index contributed by atoms with van der Waals surface area (Å²) in [5, 5.41) is 15.2. The molecular weight excluding hydrogens is 455 g/mol. The molecule has 1 aliphatic heterocycles. The summed E-state index contributed by atoms with van der Waals surface area (Å²) in [5.74, 6) is 0.169. The number of likely N-dealkylation sites (tertiary alicyclic amines) is 1. The first kappa shape index (κ1) is 22.8. The van der Waals surface area contributed by atoms with Crippen molar-refractivity contribution in [2.24, 2.45) is 0 Å². The van der Waals surface area contributed by atoms with Crippen LogP contribution in [0.25, 0.3) is 11.1 Å². The van der Waals surface area contributed by atoms with E-state index in [1.807, 2.05) is 0 Å². The summed E-state index contributed by atoms with van der Waals surface area (Å²) in [6.45, 7) is 0.987. The Bertz CT molecular complexity index is 1150. The molecule has 3 aromatic rings. The van der Waals surface area contributed by atoms with Gasteiger partial charge in [0.2, 0.25) is 0 Å². The van der Waals surface area contributed by atoms with Gasteiger partial charge in [-0.3, -0.25) is 4.79 Å². The molecule has 1 aromatic heterocycles. The molecule has 1 aliphatic rings. The van der Waals surface area contributed by atoms with Crippen molar-refractivity contribution < 1.29 is 27.9 Å². The van der Waals surface area contributed by atoms with E-state index >= 15 is 0 Å². The van der Waals surface area contributed by atoms with Gasteiger partial charge in [0.05, 0.1) is 10.6 Å². The summed E-state index contributed by atoms with van der Waals surface area (Å²) in [7, 11) is 0. The SMILES string of the molecule is O=C([O-])Nc1csc(C2CCN(C(=O)c3ccccc3-c3ccc(C(F)(F)F)cc3)CC2)n1. The number of piperidine rings is 1. The largest absolute Gasteiger partial charge is 0.530 e. The van der Waals surface area contributed by atoms with Crippen LogP contribution in [0.2, 0.25) is 0 Å². The number of hydrogen-bond acceptors (Lipinski definition) is 5. The zero-order chi connectivity index (χ0) is 23.6. The zero-order valence-electron chi connectivity index (χ0n) is 17.3. The van der Waals surface area contributed by atoms with Gasteiger partial charge in [-0.25, -0.2) is 4.98 Å². The fourth-order valence-electron chi connectivity index (χ4n) is 3.90. The van der Waals surface area contributed by atoms with Crippen LogP contribution in [0.3, 0.4) is 0 Å². The van der Waals surface area contributed by atoms with Crippen LogP contribution in [0.15, 0.2) is 53.9 Å². The number of rotatable bonds is 4. The average molecular weight is 474 g/mol. The molecule has 4 rings (SSSR count). The summed E-state index contributed by atoms with van der Waals surface area (Å²) in [6, 6.07) is 11.7. The van der Waals surface area contributed by atoms with E-state index < -0.39 is 17.8 Å². The minimum atomic E-state index is -4.42. The van der Waals surface area contributed by atoms with E-state index in [-0.39, 0.29) is 17.6 Å². The minimum absolute atomic E-state index is 0.113. The molecule has 0 atom stereocenters. The van der Waals surface area contributed by atoms with E-state index in [0.29, 0.717) is 42.6 Å². The lowest BCUT2D eigenvalue weighted by Crippen LogP contribution is -2.38. The lowest BCUT2D eigenvalue weighted by Gasteiger charge is -2.31. The molecule has 0 bridgehead atoms. The Hall–Kier alpha value is -3.40. The number of alkyl halides is 3. The first-order valence-corrected chi connectivity index (χ1v) is 11.1. The number of carbonyl (C=O) groups is 2. The van der Waals surface area contributed by atoms with Gasteiger partial charge in [0.15, 0.2) is 0 Å². The molecule has 1 saturated heterocycles. The highest BCUT2D eigenvalue weighted by atomic mass is 32.1. The van der Waals surface area contributed by atoms with E-state index in [1.54, 1.807) is 34.5 Å². The first-order chi connectivity index (χ1) is 15.7. The molecule has 2 amide bonds. The Kier molecular flexibility index (Phi) is 6.37. The second kappa shape index (κ2) is 9.22. The van der Waals surface area contributed by atoms with Crippen molar-refractivity contribution >= 4 is 29.2 Å². The highest BCUT2D eigenvalue weighted by molar-refractivity contribution is 7.10. The number of amides is 2. The number of anilines is 1. The molecule has 0 spiro atoms. The fourth-order valence-corrected chi connectivity index (χ4v) is 4.82. The number of aromatic nitrogens is 1. The Morgan fingerprint density at radius 1 is 1.06 bits per heavy atom. The van der Waals surface area contributed by atoms with Crippen LogP contribution in [0, 0.1) is 0 Å². The highest BCUT2D eigenvalue weighted by Gasteiger charge is 2.31. The molecule has 172 valence electrons. The molecule has 1 fully saturated rings. The summed E-state index contributed by atoms with van der Waals surface area (Å²) < 4.78 is 38.7. The number of carboxylic acid groups (broad SMARTS) is 1. The zero-order valence-corrected chi connectivity index (χ0v) is 18.1.